The molecule has 1 unspecified atom stereocenters. The molecule has 28 heavy (non-hydrogen) atoms. The normalized spacial score (nSPS) is 17.0. The van der Waals surface area contributed by atoms with Crippen molar-refractivity contribution in [2.24, 2.45) is 0 Å². The van der Waals surface area contributed by atoms with Crippen molar-refractivity contribution in [1.29, 1.82) is 0 Å². The zero-order valence-electron chi connectivity index (χ0n) is 15.6. The van der Waals surface area contributed by atoms with E-state index in [1.807, 2.05) is 24.3 Å². The molecule has 0 radical (unpaired) electrons. The number of carbonyl (C=O) groups excluding carboxylic acids is 2. The van der Waals surface area contributed by atoms with E-state index in [0.717, 1.165) is 35.5 Å². The van der Waals surface area contributed by atoms with Gasteiger partial charge in [-0.15, -0.1) is 0 Å². The topological polar surface area (TPSA) is 61.4 Å². The first-order valence-electron chi connectivity index (χ1n) is 8.83. The fourth-order valence-corrected chi connectivity index (χ4v) is 4.03. The summed E-state index contributed by atoms with van der Waals surface area (Å²) in [5.41, 5.74) is 4.35. The third-order valence-corrected chi connectivity index (χ3v) is 5.36. The molecule has 0 saturated heterocycles. The minimum Gasteiger partial charge on any atom is -0.384 e. The number of anilines is 1. The Morgan fingerprint density at radius 3 is 2.75 bits per heavy atom. The number of carbonyl (C=O) groups is 2. The van der Waals surface area contributed by atoms with Crippen LogP contribution in [-0.4, -0.2) is 37.6 Å². The van der Waals surface area contributed by atoms with Crippen LogP contribution in [0.25, 0.3) is 0 Å². The zero-order chi connectivity index (χ0) is 20.3. The van der Waals surface area contributed by atoms with E-state index in [2.05, 4.69) is 28.6 Å². The van der Waals surface area contributed by atoms with Crippen molar-refractivity contribution in [1.82, 2.24) is 10.2 Å². The Morgan fingerprint density at radius 1 is 1.25 bits per heavy atom. The smallest absolute Gasteiger partial charge is 0.242 e. The molecule has 0 aliphatic carbocycles. The molecule has 1 aliphatic rings. The molecule has 1 atom stereocenters. The van der Waals surface area contributed by atoms with Crippen molar-refractivity contribution in [2.45, 2.75) is 12.5 Å². The standard InChI is InChI=1S/C21H21Cl2N3O2/c1-24-20(21(28)12-27)9-25-15-5-3-4-13(6-15)17-10-26(2)11-18-16(17)7-14(22)8-19(18)23/h3-9,12,17,24-25H,10-11H2,1-2H3/b20-9-. The molecular formula is C21H21Cl2N3O2. The molecule has 0 bridgehead atoms. The number of halogens is 2. The Kier molecular flexibility index (Phi) is 6.39. The molecule has 1 heterocycles. The lowest BCUT2D eigenvalue weighted by Crippen LogP contribution is -2.31. The average Bonchev–Trinajstić information content (AvgIpc) is 2.68. The fraction of sp³-hybridized carbons (Fsp3) is 0.238. The number of nitrogens with zero attached hydrogens (tertiary/aromatic N) is 1. The third-order valence-electron chi connectivity index (χ3n) is 4.81. The maximum absolute atomic E-state index is 11.5. The summed E-state index contributed by atoms with van der Waals surface area (Å²) >= 11 is 12.7. The van der Waals surface area contributed by atoms with E-state index in [1.165, 1.54) is 6.20 Å². The van der Waals surface area contributed by atoms with Crippen LogP contribution in [0.1, 0.15) is 22.6 Å². The molecule has 0 saturated carbocycles. The van der Waals surface area contributed by atoms with Gasteiger partial charge in [-0.2, -0.15) is 0 Å². The largest absolute Gasteiger partial charge is 0.384 e. The molecule has 146 valence electrons. The molecule has 2 aromatic carbocycles. The lowest BCUT2D eigenvalue weighted by molar-refractivity contribution is -0.127. The van der Waals surface area contributed by atoms with Gasteiger partial charge in [0.25, 0.3) is 0 Å². The average molecular weight is 418 g/mol. The van der Waals surface area contributed by atoms with Crippen LogP contribution in [0.3, 0.4) is 0 Å². The summed E-state index contributed by atoms with van der Waals surface area (Å²) < 4.78 is 0. The molecule has 3 rings (SSSR count). The highest BCUT2D eigenvalue weighted by Gasteiger charge is 2.27. The number of benzene rings is 2. The summed E-state index contributed by atoms with van der Waals surface area (Å²) in [6, 6.07) is 11.7. The maximum Gasteiger partial charge on any atom is 0.242 e. The van der Waals surface area contributed by atoms with E-state index in [1.54, 1.807) is 13.1 Å². The Labute approximate surface area is 174 Å². The van der Waals surface area contributed by atoms with Crippen LogP contribution in [0.2, 0.25) is 10.0 Å². The highest BCUT2D eigenvalue weighted by atomic mass is 35.5. The first-order chi connectivity index (χ1) is 13.4. The van der Waals surface area contributed by atoms with Gasteiger partial charge in [-0.25, -0.2) is 0 Å². The molecule has 5 nitrogen and oxygen atoms in total. The Morgan fingerprint density at radius 2 is 2.04 bits per heavy atom. The van der Waals surface area contributed by atoms with Gasteiger partial charge in [0, 0.05) is 48.0 Å². The van der Waals surface area contributed by atoms with Crippen molar-refractivity contribution in [3.05, 3.63) is 75.0 Å². The number of aldehydes is 1. The van der Waals surface area contributed by atoms with Crippen molar-refractivity contribution in [3.8, 4) is 0 Å². The van der Waals surface area contributed by atoms with Gasteiger partial charge in [-0.05, 0) is 48.0 Å². The number of hydrogen-bond donors (Lipinski definition) is 2. The summed E-state index contributed by atoms with van der Waals surface area (Å²) in [4.78, 5) is 24.5. The number of allylic oxidation sites excluding steroid dienone is 1. The van der Waals surface area contributed by atoms with Crippen LogP contribution in [0.5, 0.6) is 0 Å². The van der Waals surface area contributed by atoms with Crippen LogP contribution < -0.4 is 10.6 Å². The first kappa shape index (κ1) is 20.4. The molecular weight excluding hydrogens is 397 g/mol. The minimum absolute atomic E-state index is 0.121. The third kappa shape index (κ3) is 4.38. The van der Waals surface area contributed by atoms with Crippen molar-refractivity contribution < 1.29 is 9.59 Å². The van der Waals surface area contributed by atoms with Crippen molar-refractivity contribution >= 4 is 41.0 Å². The Balaban J connectivity index is 1.94. The van der Waals surface area contributed by atoms with E-state index >= 15 is 0 Å². The Hall–Kier alpha value is -2.34. The van der Waals surface area contributed by atoms with Gasteiger partial charge in [-0.3, -0.25) is 9.59 Å². The van der Waals surface area contributed by atoms with Gasteiger partial charge in [0.15, 0.2) is 6.29 Å². The summed E-state index contributed by atoms with van der Waals surface area (Å²) in [5.74, 6) is -0.491. The van der Waals surface area contributed by atoms with E-state index in [4.69, 9.17) is 23.2 Å². The van der Waals surface area contributed by atoms with Crippen LogP contribution in [0.15, 0.2) is 48.3 Å². The molecule has 2 aromatic rings. The fourth-order valence-electron chi connectivity index (χ4n) is 3.46. The molecule has 7 heteroatoms. The van der Waals surface area contributed by atoms with Crippen molar-refractivity contribution in [2.75, 3.05) is 26.0 Å². The number of hydrogen-bond acceptors (Lipinski definition) is 5. The lowest BCUT2D eigenvalue weighted by atomic mass is 9.84. The minimum atomic E-state index is -0.613. The van der Waals surface area contributed by atoms with Crippen LogP contribution >= 0.6 is 23.2 Å². The van der Waals surface area contributed by atoms with Crippen molar-refractivity contribution in [3.63, 3.8) is 0 Å². The highest BCUT2D eigenvalue weighted by Crippen LogP contribution is 2.38. The van der Waals surface area contributed by atoms with Gasteiger partial charge >= 0.3 is 0 Å². The summed E-state index contributed by atoms with van der Waals surface area (Å²) in [5, 5.41) is 7.10. The van der Waals surface area contributed by atoms with Crippen LogP contribution in [-0.2, 0) is 16.1 Å². The molecule has 1 aliphatic heterocycles. The van der Waals surface area contributed by atoms with Crippen LogP contribution in [0, 0.1) is 0 Å². The molecule has 0 fully saturated rings. The number of nitrogens with one attached hydrogen (secondary N) is 2. The second kappa shape index (κ2) is 8.78. The van der Waals surface area contributed by atoms with Gasteiger partial charge in [0.05, 0.1) is 0 Å². The SMILES string of the molecule is CN/C(=C\Nc1cccc(C2CN(C)Cc3c(Cl)cc(Cl)cc32)c1)C(=O)C=O. The van der Waals surface area contributed by atoms with E-state index in [0.29, 0.717) is 10.0 Å². The summed E-state index contributed by atoms with van der Waals surface area (Å²) in [7, 11) is 3.66. The second-order valence-corrected chi connectivity index (χ2v) is 7.61. The number of rotatable bonds is 6. The summed E-state index contributed by atoms with van der Waals surface area (Å²) in [6.45, 7) is 1.62. The maximum atomic E-state index is 11.5. The Bertz CT molecular complexity index is 943. The first-order valence-corrected chi connectivity index (χ1v) is 9.58. The number of likely N-dealkylation sites (N-methyl/N-ethyl adjacent to an activating group) is 2. The number of Topliss-reactive ketones (excluding diaryl/α,β-unsaturated/α-hetero) is 1. The lowest BCUT2D eigenvalue weighted by Gasteiger charge is -2.33. The highest BCUT2D eigenvalue weighted by molar-refractivity contribution is 6.35. The predicted octanol–water partition coefficient (Wildman–Crippen LogP) is 3.81. The molecule has 0 amide bonds. The number of fused-ring (bicyclic) bond motifs is 1. The van der Waals surface area contributed by atoms with Gasteiger partial charge in [0.1, 0.15) is 5.70 Å². The van der Waals surface area contributed by atoms with Gasteiger partial charge in [0.2, 0.25) is 5.78 Å². The molecule has 0 spiro atoms. The monoisotopic (exact) mass is 417 g/mol. The predicted molar refractivity (Wildman–Crippen MR) is 113 cm³/mol. The van der Waals surface area contributed by atoms with Crippen LogP contribution in [0.4, 0.5) is 5.69 Å². The molecule has 0 aromatic heterocycles. The number of ketones is 1. The van der Waals surface area contributed by atoms with E-state index in [9.17, 15) is 9.59 Å². The van der Waals surface area contributed by atoms with E-state index < -0.39 is 5.78 Å². The zero-order valence-corrected chi connectivity index (χ0v) is 17.1. The quantitative estimate of drug-likeness (QED) is 0.425. The van der Waals surface area contributed by atoms with Gasteiger partial charge in [-0.1, -0.05) is 35.3 Å². The van der Waals surface area contributed by atoms with E-state index in [-0.39, 0.29) is 17.9 Å². The van der Waals surface area contributed by atoms with Gasteiger partial charge < -0.3 is 15.5 Å². The molecule has 2 N–H and O–H groups in total. The second-order valence-electron chi connectivity index (χ2n) is 6.76. The summed E-state index contributed by atoms with van der Waals surface area (Å²) in [6.07, 6.45) is 1.77.